The van der Waals surface area contributed by atoms with Gasteiger partial charge in [-0.05, 0) is 69.6 Å². The summed E-state index contributed by atoms with van der Waals surface area (Å²) in [5.41, 5.74) is -0.397. The molecule has 0 aromatic rings. The highest BCUT2D eigenvalue weighted by Gasteiger charge is 2.75. The van der Waals surface area contributed by atoms with Crippen LogP contribution in [0.5, 0.6) is 0 Å². The van der Waals surface area contributed by atoms with Gasteiger partial charge in [0, 0.05) is 36.0 Å². The van der Waals surface area contributed by atoms with Gasteiger partial charge in [-0.2, -0.15) is 0 Å². The molecule has 18 nitrogen and oxygen atoms in total. The zero-order chi connectivity index (χ0) is 45.3. The fourth-order valence-corrected chi connectivity index (χ4v) is 13.9. The number of hydrogen-bond acceptors (Lipinski definition) is 18. The first-order valence-corrected chi connectivity index (χ1v) is 23.4. The number of hydrogen-bond donors (Lipinski definition) is 10. The second kappa shape index (κ2) is 16.9. The zero-order valence-electron chi connectivity index (χ0n) is 37.2. The van der Waals surface area contributed by atoms with Crippen molar-refractivity contribution < 1.29 is 89.0 Å². The molecule has 5 saturated heterocycles. The molecule has 1 spiro atoms. The van der Waals surface area contributed by atoms with Gasteiger partial charge in [-0.1, -0.05) is 39.3 Å². The Bertz CT molecular complexity index is 1690. The summed E-state index contributed by atoms with van der Waals surface area (Å²) in [7, 11) is 0. The standard InChI is InChI=1S/C45H72O18/c1-18-17-56-45(14-26(18)47)19(2)29-27(63-45)15-44(55)25-8-7-22-13-23(9-11-42(22,5)24(25)10-12-43(29,44)6)59-41-38(62-40-35(53)33(51)31(49)21(4)58-40)36(54)37(28(16-46)60-41)61-39-34(52)32(50)30(48)20(3)57-39/h7,18-21,23-41,46-55H,8-17H2,1-6H3. The minimum atomic E-state index is -1.74. The van der Waals surface area contributed by atoms with Crippen molar-refractivity contribution in [3.05, 3.63) is 11.6 Å². The van der Waals surface area contributed by atoms with Gasteiger partial charge in [0.25, 0.3) is 0 Å². The quantitative estimate of drug-likeness (QED) is 0.142. The molecular weight excluding hydrogens is 828 g/mol. The van der Waals surface area contributed by atoms with Crippen LogP contribution in [0.25, 0.3) is 0 Å². The number of aliphatic hydroxyl groups is 10. The van der Waals surface area contributed by atoms with Crippen molar-refractivity contribution in [2.75, 3.05) is 13.2 Å². The van der Waals surface area contributed by atoms with Gasteiger partial charge in [-0.3, -0.25) is 0 Å². The van der Waals surface area contributed by atoms with E-state index in [9.17, 15) is 51.1 Å². The third-order valence-electron chi connectivity index (χ3n) is 18.0. The maximum absolute atomic E-state index is 13.0. The molecule has 0 radical (unpaired) electrons. The molecule has 9 rings (SSSR count). The first kappa shape index (κ1) is 47.1. The van der Waals surface area contributed by atoms with Crippen LogP contribution >= 0.6 is 0 Å². The van der Waals surface area contributed by atoms with E-state index in [-0.39, 0.29) is 41.1 Å². The fourth-order valence-electron chi connectivity index (χ4n) is 13.9. The molecule has 10 N–H and O–H groups in total. The smallest absolute Gasteiger partial charge is 0.187 e. The van der Waals surface area contributed by atoms with Crippen LogP contribution < -0.4 is 0 Å². The van der Waals surface area contributed by atoms with Crippen LogP contribution in [0.2, 0.25) is 0 Å². The van der Waals surface area contributed by atoms with Crippen molar-refractivity contribution in [2.45, 2.75) is 215 Å². The molecule has 4 aliphatic carbocycles. The topological polar surface area (TPSA) is 276 Å². The van der Waals surface area contributed by atoms with Gasteiger partial charge in [0.2, 0.25) is 0 Å². The molecule has 360 valence electrons. The minimum absolute atomic E-state index is 0.00417. The molecule has 5 heterocycles. The van der Waals surface area contributed by atoms with E-state index in [1.807, 2.05) is 6.92 Å². The van der Waals surface area contributed by atoms with Gasteiger partial charge in [0.1, 0.15) is 61.0 Å². The highest BCUT2D eigenvalue weighted by atomic mass is 16.8. The van der Waals surface area contributed by atoms with E-state index < -0.39 is 128 Å². The van der Waals surface area contributed by atoms with Crippen LogP contribution in [0.4, 0.5) is 0 Å². The van der Waals surface area contributed by atoms with Crippen LogP contribution in [-0.4, -0.2) is 186 Å². The predicted molar refractivity (Wildman–Crippen MR) is 216 cm³/mol. The molecule has 0 aromatic carbocycles. The lowest BCUT2D eigenvalue weighted by Gasteiger charge is -2.62. The van der Waals surface area contributed by atoms with Crippen molar-refractivity contribution in [1.29, 1.82) is 0 Å². The van der Waals surface area contributed by atoms with Gasteiger partial charge < -0.3 is 89.0 Å². The monoisotopic (exact) mass is 900 g/mol. The summed E-state index contributed by atoms with van der Waals surface area (Å²) in [4.78, 5) is 0. The summed E-state index contributed by atoms with van der Waals surface area (Å²) in [6.07, 6.45) is -15.6. The lowest BCUT2D eigenvalue weighted by Crippen LogP contribution is -2.66. The fraction of sp³-hybridized carbons (Fsp3) is 0.956. The van der Waals surface area contributed by atoms with Crippen molar-refractivity contribution in [1.82, 2.24) is 0 Å². The average molecular weight is 901 g/mol. The Morgan fingerprint density at radius 3 is 1.95 bits per heavy atom. The minimum Gasteiger partial charge on any atom is -0.394 e. The largest absolute Gasteiger partial charge is 0.394 e. The summed E-state index contributed by atoms with van der Waals surface area (Å²) in [5.74, 6) is -0.515. The highest BCUT2D eigenvalue weighted by molar-refractivity contribution is 5.30. The second-order valence-electron chi connectivity index (χ2n) is 21.3. The van der Waals surface area contributed by atoms with Crippen LogP contribution in [0, 0.1) is 40.4 Å². The Labute approximate surface area is 368 Å². The lowest BCUT2D eigenvalue weighted by atomic mass is 9.45. The molecule has 8 fully saturated rings. The number of fused-ring (bicyclic) bond motifs is 7. The molecule has 3 saturated carbocycles. The van der Waals surface area contributed by atoms with E-state index in [0.717, 1.165) is 19.3 Å². The van der Waals surface area contributed by atoms with E-state index in [4.69, 9.17) is 37.9 Å². The van der Waals surface area contributed by atoms with E-state index in [1.54, 1.807) is 0 Å². The van der Waals surface area contributed by atoms with Crippen LogP contribution in [0.3, 0.4) is 0 Å². The second-order valence-corrected chi connectivity index (χ2v) is 21.3. The molecule has 9 aliphatic rings. The van der Waals surface area contributed by atoms with Gasteiger partial charge in [0.15, 0.2) is 24.7 Å². The van der Waals surface area contributed by atoms with Crippen molar-refractivity contribution in [2.24, 2.45) is 40.4 Å². The van der Waals surface area contributed by atoms with Crippen LogP contribution in [0.1, 0.15) is 92.9 Å². The van der Waals surface area contributed by atoms with E-state index in [0.29, 0.717) is 38.7 Å². The van der Waals surface area contributed by atoms with Crippen LogP contribution in [-0.2, 0) is 37.9 Å². The number of ether oxygens (including phenoxy) is 8. The Balaban J connectivity index is 0.928. The van der Waals surface area contributed by atoms with Crippen molar-refractivity contribution >= 4 is 0 Å². The summed E-state index contributed by atoms with van der Waals surface area (Å²) in [5, 5.41) is 110. The van der Waals surface area contributed by atoms with Gasteiger partial charge >= 0.3 is 0 Å². The maximum Gasteiger partial charge on any atom is 0.187 e. The first-order valence-electron chi connectivity index (χ1n) is 23.4. The molecule has 27 atom stereocenters. The average Bonchev–Trinajstić information content (AvgIpc) is 3.64. The number of rotatable bonds is 7. The molecule has 5 aliphatic heterocycles. The lowest BCUT2D eigenvalue weighted by molar-refractivity contribution is -0.388. The summed E-state index contributed by atoms with van der Waals surface area (Å²) >= 11 is 0. The summed E-state index contributed by atoms with van der Waals surface area (Å²) in [6.45, 7) is 11.4. The molecule has 0 amide bonds. The third-order valence-corrected chi connectivity index (χ3v) is 18.0. The van der Waals surface area contributed by atoms with E-state index in [2.05, 4.69) is 26.8 Å². The first-order chi connectivity index (χ1) is 29.7. The molecule has 63 heavy (non-hydrogen) atoms. The Kier molecular flexibility index (Phi) is 12.6. The zero-order valence-corrected chi connectivity index (χ0v) is 37.2. The predicted octanol–water partition coefficient (Wildman–Crippen LogP) is -0.673. The molecule has 0 aromatic heterocycles. The number of allylic oxidation sites excluding steroid dienone is 1. The molecular formula is C45H72O18. The maximum atomic E-state index is 13.0. The molecule has 18 heteroatoms. The summed E-state index contributed by atoms with van der Waals surface area (Å²) in [6, 6.07) is 0. The normalized spacial score (nSPS) is 59.3. The Morgan fingerprint density at radius 1 is 0.698 bits per heavy atom. The third kappa shape index (κ3) is 7.35. The van der Waals surface area contributed by atoms with E-state index in [1.165, 1.54) is 19.4 Å². The Morgan fingerprint density at radius 2 is 1.33 bits per heavy atom. The van der Waals surface area contributed by atoms with Gasteiger partial charge in [0.05, 0.1) is 49.3 Å². The molecule has 0 bridgehead atoms. The molecule has 27 unspecified atom stereocenters. The van der Waals surface area contributed by atoms with Gasteiger partial charge in [-0.15, -0.1) is 0 Å². The van der Waals surface area contributed by atoms with E-state index >= 15 is 0 Å². The van der Waals surface area contributed by atoms with Crippen LogP contribution in [0.15, 0.2) is 11.6 Å². The Hall–Kier alpha value is -0.980. The number of aliphatic hydroxyl groups excluding tert-OH is 9. The van der Waals surface area contributed by atoms with Crippen molar-refractivity contribution in [3.8, 4) is 0 Å². The highest BCUT2D eigenvalue weighted by Crippen LogP contribution is 2.72. The van der Waals surface area contributed by atoms with Gasteiger partial charge in [-0.25, -0.2) is 0 Å². The summed E-state index contributed by atoms with van der Waals surface area (Å²) < 4.78 is 49.7. The van der Waals surface area contributed by atoms with Crippen molar-refractivity contribution in [3.63, 3.8) is 0 Å². The SMILES string of the molecule is CC1COC2(CC1O)OC1CC3(O)C4CC=C5CC(OC6OC(CO)C(OC7OC(C)C(O)C(O)C7O)C(O)C6OC6OC(C)C(O)C(O)C6O)CCC5(C)C4CCC3(C)C1C2C.